The van der Waals surface area contributed by atoms with Crippen molar-refractivity contribution in [1.82, 2.24) is 10.6 Å². The number of carbonyl (C=O) groups excluding carboxylic acids is 3. The summed E-state index contributed by atoms with van der Waals surface area (Å²) in [4.78, 5) is 35.5. The van der Waals surface area contributed by atoms with Crippen molar-refractivity contribution in [3.8, 4) is 11.1 Å². The van der Waals surface area contributed by atoms with E-state index in [1.54, 1.807) is 13.8 Å². The molecule has 1 aliphatic carbocycles. The Morgan fingerprint density at radius 2 is 1.43 bits per heavy atom. The van der Waals surface area contributed by atoms with E-state index < -0.39 is 24.1 Å². The highest BCUT2D eigenvalue weighted by Crippen LogP contribution is 2.44. The molecule has 2 aromatic rings. The van der Waals surface area contributed by atoms with Gasteiger partial charge in [0.1, 0.15) is 12.6 Å². The molecule has 0 radical (unpaired) electrons. The molecule has 0 saturated carbocycles. The van der Waals surface area contributed by atoms with Gasteiger partial charge in [0, 0.05) is 5.92 Å². The highest BCUT2D eigenvalue weighted by Gasteiger charge is 2.29. The van der Waals surface area contributed by atoms with Crippen LogP contribution in [0.3, 0.4) is 0 Å². The van der Waals surface area contributed by atoms with Gasteiger partial charge >= 0.3 is 6.09 Å². The van der Waals surface area contributed by atoms with Gasteiger partial charge in [-0.2, -0.15) is 0 Å². The minimum Gasteiger partial charge on any atom is -0.449 e. The molecule has 0 saturated heterocycles. The quantitative estimate of drug-likeness (QED) is 0.807. The Bertz CT molecular complexity index is 863. The minimum atomic E-state index is -0.808. The van der Waals surface area contributed by atoms with Crippen molar-refractivity contribution in [2.75, 3.05) is 6.61 Å². The minimum absolute atomic E-state index is 0.0417. The zero-order chi connectivity index (χ0) is 20.3. The number of ether oxygens (including phenoxy) is 1. The van der Waals surface area contributed by atoms with E-state index in [4.69, 9.17) is 4.74 Å². The van der Waals surface area contributed by atoms with Gasteiger partial charge < -0.3 is 15.4 Å². The average molecular weight is 380 g/mol. The fourth-order valence-corrected chi connectivity index (χ4v) is 3.32. The fourth-order valence-electron chi connectivity index (χ4n) is 3.32. The van der Waals surface area contributed by atoms with Crippen LogP contribution in [0.5, 0.6) is 0 Å². The van der Waals surface area contributed by atoms with Crippen LogP contribution in [0.4, 0.5) is 4.79 Å². The van der Waals surface area contributed by atoms with Gasteiger partial charge in [0.05, 0.1) is 6.04 Å². The Morgan fingerprint density at radius 3 is 1.96 bits per heavy atom. The number of nitrogens with one attached hydrogen (secondary N) is 2. The van der Waals surface area contributed by atoms with Crippen molar-refractivity contribution < 1.29 is 19.1 Å². The van der Waals surface area contributed by atoms with Gasteiger partial charge in [-0.1, -0.05) is 48.5 Å². The second-order valence-electron chi connectivity index (χ2n) is 7.03. The van der Waals surface area contributed by atoms with E-state index >= 15 is 0 Å². The molecular weight excluding hydrogens is 356 g/mol. The average Bonchev–Trinajstić information content (AvgIpc) is 3.00. The molecule has 1 aliphatic rings. The number of carbonyl (C=O) groups is 3. The molecular formula is C22H24N2O4. The summed E-state index contributed by atoms with van der Waals surface area (Å²) < 4.78 is 5.42. The van der Waals surface area contributed by atoms with Crippen LogP contribution in [0.15, 0.2) is 48.5 Å². The first-order chi connectivity index (χ1) is 13.4. The van der Waals surface area contributed by atoms with E-state index in [-0.39, 0.29) is 18.3 Å². The second-order valence-corrected chi connectivity index (χ2v) is 7.03. The lowest BCUT2D eigenvalue weighted by molar-refractivity contribution is -0.127. The van der Waals surface area contributed by atoms with Crippen molar-refractivity contribution in [2.45, 2.75) is 38.8 Å². The summed E-state index contributed by atoms with van der Waals surface area (Å²) in [6.07, 6.45) is -0.667. The number of hydrogen-bond donors (Lipinski definition) is 2. The normalized spacial score (nSPS) is 14.4. The van der Waals surface area contributed by atoms with Gasteiger partial charge in [-0.05, 0) is 43.0 Å². The Kier molecular flexibility index (Phi) is 5.78. The van der Waals surface area contributed by atoms with E-state index in [2.05, 4.69) is 22.8 Å². The molecule has 2 atom stereocenters. The Hall–Kier alpha value is -3.15. The summed E-state index contributed by atoms with van der Waals surface area (Å²) in [5.74, 6) is -0.627. The number of ketones is 1. The van der Waals surface area contributed by atoms with E-state index in [0.717, 1.165) is 22.3 Å². The highest BCUT2D eigenvalue weighted by molar-refractivity contribution is 5.90. The third-order valence-corrected chi connectivity index (χ3v) is 5.04. The van der Waals surface area contributed by atoms with Gasteiger partial charge in [0.15, 0.2) is 5.78 Å². The summed E-state index contributed by atoms with van der Waals surface area (Å²) in [6, 6.07) is 14.7. The van der Waals surface area contributed by atoms with E-state index in [1.807, 2.05) is 36.4 Å². The molecule has 0 fully saturated rings. The largest absolute Gasteiger partial charge is 0.449 e. The lowest BCUT2D eigenvalue weighted by Gasteiger charge is -2.18. The Morgan fingerprint density at radius 1 is 0.893 bits per heavy atom. The van der Waals surface area contributed by atoms with Gasteiger partial charge in [-0.15, -0.1) is 0 Å². The van der Waals surface area contributed by atoms with Crippen molar-refractivity contribution in [3.63, 3.8) is 0 Å². The summed E-state index contributed by atoms with van der Waals surface area (Å²) in [5, 5.41) is 5.06. The van der Waals surface area contributed by atoms with Crippen molar-refractivity contribution in [1.29, 1.82) is 0 Å². The Labute approximate surface area is 164 Å². The maximum absolute atomic E-state index is 12.2. The zero-order valence-electron chi connectivity index (χ0n) is 16.2. The molecule has 2 N–H and O–H groups in total. The number of amides is 2. The van der Waals surface area contributed by atoms with E-state index in [0.29, 0.717) is 0 Å². The van der Waals surface area contributed by atoms with Crippen LogP contribution in [-0.2, 0) is 14.3 Å². The van der Waals surface area contributed by atoms with Crippen LogP contribution in [-0.4, -0.2) is 36.5 Å². The van der Waals surface area contributed by atoms with Crippen LogP contribution in [0.25, 0.3) is 11.1 Å². The van der Waals surface area contributed by atoms with Crippen LogP contribution in [0.2, 0.25) is 0 Å². The van der Waals surface area contributed by atoms with Gasteiger partial charge in [-0.25, -0.2) is 4.79 Å². The molecule has 2 amide bonds. The maximum Gasteiger partial charge on any atom is 0.407 e. The number of fused-ring (bicyclic) bond motifs is 3. The predicted octanol–water partition coefficient (Wildman–Crippen LogP) is 3.01. The van der Waals surface area contributed by atoms with Crippen molar-refractivity contribution >= 4 is 17.8 Å². The number of benzene rings is 2. The first-order valence-corrected chi connectivity index (χ1v) is 9.30. The SMILES string of the molecule is CC(=O)[C@H](C)NC(=O)[C@H](C)NC(=O)OCC1c2ccccc2-c2ccccc21. The molecule has 6 nitrogen and oxygen atoms in total. The van der Waals surface area contributed by atoms with E-state index in [1.165, 1.54) is 6.92 Å². The molecule has 0 aromatic heterocycles. The number of hydrogen-bond acceptors (Lipinski definition) is 4. The van der Waals surface area contributed by atoms with E-state index in [9.17, 15) is 14.4 Å². The summed E-state index contributed by atoms with van der Waals surface area (Å²) in [5.41, 5.74) is 4.55. The van der Waals surface area contributed by atoms with Gasteiger partial charge in [0.25, 0.3) is 0 Å². The zero-order valence-corrected chi connectivity index (χ0v) is 16.2. The third kappa shape index (κ3) is 4.06. The molecule has 28 heavy (non-hydrogen) atoms. The van der Waals surface area contributed by atoms with Crippen LogP contribution in [0, 0.1) is 0 Å². The second kappa shape index (κ2) is 8.25. The van der Waals surface area contributed by atoms with Crippen molar-refractivity contribution in [2.24, 2.45) is 0 Å². The molecule has 0 spiro atoms. The maximum atomic E-state index is 12.2. The first-order valence-electron chi connectivity index (χ1n) is 9.30. The van der Waals surface area contributed by atoms with Gasteiger partial charge in [0.2, 0.25) is 5.91 Å². The summed E-state index contributed by atoms with van der Waals surface area (Å²) >= 11 is 0. The fraction of sp³-hybridized carbons (Fsp3) is 0.318. The standard InChI is InChI=1S/C22H24N2O4/c1-13(15(3)25)23-21(26)14(2)24-22(27)28-12-20-18-10-6-4-8-16(18)17-9-5-7-11-19(17)20/h4-11,13-14,20H,12H2,1-3H3,(H,23,26)(H,24,27)/t13-,14-/m0/s1. The molecule has 0 bridgehead atoms. The topological polar surface area (TPSA) is 84.5 Å². The highest BCUT2D eigenvalue weighted by atomic mass is 16.5. The monoisotopic (exact) mass is 380 g/mol. The van der Waals surface area contributed by atoms with Crippen LogP contribution < -0.4 is 10.6 Å². The van der Waals surface area contributed by atoms with Crippen LogP contribution >= 0.6 is 0 Å². The summed E-state index contributed by atoms with van der Waals surface area (Å²) in [6.45, 7) is 4.72. The third-order valence-electron chi connectivity index (χ3n) is 5.04. The smallest absolute Gasteiger partial charge is 0.407 e. The molecule has 0 aliphatic heterocycles. The molecule has 0 heterocycles. The predicted molar refractivity (Wildman–Crippen MR) is 106 cm³/mol. The number of Topliss-reactive ketones (excluding diaryl/α,β-unsaturated/α-hetero) is 1. The lowest BCUT2D eigenvalue weighted by Crippen LogP contribution is -2.49. The van der Waals surface area contributed by atoms with Crippen molar-refractivity contribution in [3.05, 3.63) is 59.7 Å². The number of rotatable bonds is 6. The molecule has 146 valence electrons. The number of alkyl carbamates (subject to hydrolysis) is 1. The lowest BCUT2D eigenvalue weighted by atomic mass is 9.98. The Balaban J connectivity index is 1.61. The molecule has 0 unspecified atom stereocenters. The molecule has 6 heteroatoms. The first kappa shape index (κ1) is 19.6. The van der Waals surface area contributed by atoms with Gasteiger partial charge in [-0.3, -0.25) is 9.59 Å². The van der Waals surface area contributed by atoms with Crippen LogP contribution in [0.1, 0.15) is 37.8 Å². The molecule has 3 rings (SSSR count). The molecule has 2 aromatic carbocycles. The summed E-state index contributed by atoms with van der Waals surface area (Å²) in [7, 11) is 0.